The third-order valence-corrected chi connectivity index (χ3v) is 4.42. The van der Waals surface area contributed by atoms with Gasteiger partial charge in [-0.25, -0.2) is 0 Å². The van der Waals surface area contributed by atoms with E-state index >= 15 is 0 Å². The van der Waals surface area contributed by atoms with Crippen LogP contribution in [0, 0.1) is 0 Å². The molecule has 5 nitrogen and oxygen atoms in total. The van der Waals surface area contributed by atoms with Gasteiger partial charge in [0.1, 0.15) is 5.60 Å². The maximum Gasteiger partial charge on any atom is 0.228 e. The Hall–Kier alpha value is -0.940. The van der Waals surface area contributed by atoms with Crippen LogP contribution >= 0.6 is 0 Å². The molecule has 21 heavy (non-hydrogen) atoms. The quantitative estimate of drug-likeness (QED) is 0.798. The van der Waals surface area contributed by atoms with Crippen molar-refractivity contribution in [1.82, 2.24) is 15.5 Å². The van der Waals surface area contributed by atoms with Crippen LogP contribution in [0.2, 0.25) is 0 Å². The van der Waals surface area contributed by atoms with Crippen molar-refractivity contribution in [2.75, 3.05) is 13.7 Å². The second-order valence-corrected chi connectivity index (χ2v) is 5.98. The number of hydrogen-bond donors (Lipinski definition) is 1. The summed E-state index contributed by atoms with van der Waals surface area (Å²) in [4.78, 5) is 4.65. The van der Waals surface area contributed by atoms with Crippen molar-refractivity contribution < 1.29 is 9.26 Å². The van der Waals surface area contributed by atoms with Gasteiger partial charge < -0.3 is 14.6 Å². The summed E-state index contributed by atoms with van der Waals surface area (Å²) >= 11 is 0. The Morgan fingerprint density at radius 3 is 2.67 bits per heavy atom. The number of aromatic nitrogens is 2. The van der Waals surface area contributed by atoms with Crippen LogP contribution in [0.15, 0.2) is 4.52 Å². The van der Waals surface area contributed by atoms with E-state index < -0.39 is 0 Å². The predicted molar refractivity (Wildman–Crippen MR) is 82.1 cm³/mol. The van der Waals surface area contributed by atoms with Gasteiger partial charge in [-0.05, 0) is 33.2 Å². The van der Waals surface area contributed by atoms with Gasteiger partial charge in [-0.3, -0.25) is 0 Å². The summed E-state index contributed by atoms with van der Waals surface area (Å²) in [5, 5.41) is 7.56. The van der Waals surface area contributed by atoms with E-state index in [1.165, 1.54) is 19.3 Å². The van der Waals surface area contributed by atoms with Gasteiger partial charge in [0.15, 0.2) is 0 Å². The molecule has 1 fully saturated rings. The Balaban J connectivity index is 2.09. The number of nitrogens with zero attached hydrogens (tertiary/aromatic N) is 2. The zero-order chi connectivity index (χ0) is 15.1. The van der Waals surface area contributed by atoms with Crippen LogP contribution in [0.5, 0.6) is 0 Å². The smallest absolute Gasteiger partial charge is 0.228 e. The highest BCUT2D eigenvalue weighted by molar-refractivity contribution is 5.04. The van der Waals surface area contributed by atoms with Gasteiger partial charge >= 0.3 is 0 Å². The lowest BCUT2D eigenvalue weighted by Gasteiger charge is -2.33. The maximum absolute atomic E-state index is 6.05. The fourth-order valence-electron chi connectivity index (χ4n) is 3.26. The third kappa shape index (κ3) is 4.04. The lowest BCUT2D eigenvalue weighted by atomic mass is 9.84. The molecule has 1 aromatic rings. The monoisotopic (exact) mass is 295 g/mol. The molecule has 0 aliphatic heterocycles. The Bertz CT molecular complexity index is 408. The number of hydrogen-bond acceptors (Lipinski definition) is 5. The van der Waals surface area contributed by atoms with Gasteiger partial charge in [0.25, 0.3) is 0 Å². The van der Waals surface area contributed by atoms with Gasteiger partial charge in [0.05, 0.1) is 0 Å². The van der Waals surface area contributed by atoms with E-state index in [1.807, 2.05) is 14.0 Å². The molecule has 2 rings (SSSR count). The van der Waals surface area contributed by atoms with E-state index in [1.54, 1.807) is 0 Å². The summed E-state index contributed by atoms with van der Waals surface area (Å²) in [6.07, 6.45) is 8.70. The first kappa shape index (κ1) is 16.4. The fourth-order valence-corrected chi connectivity index (χ4v) is 3.26. The second-order valence-electron chi connectivity index (χ2n) is 5.98. The van der Waals surface area contributed by atoms with Crippen LogP contribution in [-0.4, -0.2) is 29.8 Å². The molecule has 0 bridgehead atoms. The SMILES string of the molecule is CCCC(Cc1nc(C2(OCC)CCCCC2)no1)NC. The van der Waals surface area contributed by atoms with Crippen molar-refractivity contribution in [3.05, 3.63) is 11.7 Å². The molecular weight excluding hydrogens is 266 g/mol. The van der Waals surface area contributed by atoms with Gasteiger partial charge in [-0.15, -0.1) is 0 Å². The van der Waals surface area contributed by atoms with Crippen molar-refractivity contribution in [3.63, 3.8) is 0 Å². The molecule has 1 N–H and O–H groups in total. The standard InChI is InChI=1S/C16H29N3O2/c1-4-9-13(17-3)12-14-18-15(19-21-14)16(20-5-2)10-7-6-8-11-16/h13,17H,4-12H2,1-3H3. The highest BCUT2D eigenvalue weighted by Crippen LogP contribution is 2.39. The molecule has 0 spiro atoms. The van der Waals surface area contributed by atoms with Gasteiger partial charge in [0, 0.05) is 19.1 Å². The molecule has 0 saturated heterocycles. The topological polar surface area (TPSA) is 60.2 Å². The van der Waals surface area contributed by atoms with Crippen molar-refractivity contribution in [1.29, 1.82) is 0 Å². The Kier molecular flexibility index (Phi) is 6.18. The number of ether oxygens (including phenoxy) is 1. The van der Waals surface area contributed by atoms with E-state index in [-0.39, 0.29) is 5.60 Å². The lowest BCUT2D eigenvalue weighted by Crippen LogP contribution is -2.34. The summed E-state index contributed by atoms with van der Waals surface area (Å²) in [7, 11) is 1.99. The first-order chi connectivity index (χ1) is 10.2. The zero-order valence-electron chi connectivity index (χ0n) is 13.7. The number of rotatable bonds is 8. The molecule has 0 amide bonds. The van der Waals surface area contributed by atoms with Crippen molar-refractivity contribution >= 4 is 0 Å². The molecule has 1 aromatic heterocycles. The Morgan fingerprint density at radius 2 is 2.05 bits per heavy atom. The Labute approximate surface area is 127 Å². The second kappa shape index (κ2) is 7.90. The third-order valence-electron chi connectivity index (χ3n) is 4.42. The molecule has 1 aliphatic carbocycles. The van der Waals surface area contributed by atoms with Crippen LogP contribution in [-0.2, 0) is 16.8 Å². The van der Waals surface area contributed by atoms with Crippen molar-refractivity contribution in [3.8, 4) is 0 Å². The highest BCUT2D eigenvalue weighted by Gasteiger charge is 2.39. The van der Waals surface area contributed by atoms with E-state index in [9.17, 15) is 0 Å². The largest absolute Gasteiger partial charge is 0.367 e. The molecule has 5 heteroatoms. The fraction of sp³-hybridized carbons (Fsp3) is 0.875. The number of nitrogens with one attached hydrogen (secondary N) is 1. The molecule has 1 atom stereocenters. The molecule has 1 unspecified atom stereocenters. The molecule has 120 valence electrons. The van der Waals surface area contributed by atoms with Crippen LogP contribution in [0.1, 0.15) is 70.5 Å². The molecule has 1 heterocycles. The first-order valence-electron chi connectivity index (χ1n) is 8.38. The molecule has 0 radical (unpaired) electrons. The normalized spacial score (nSPS) is 19.6. The minimum Gasteiger partial charge on any atom is -0.367 e. The summed E-state index contributed by atoms with van der Waals surface area (Å²) in [6.45, 7) is 4.92. The average molecular weight is 295 g/mol. The van der Waals surface area contributed by atoms with E-state index in [0.717, 1.165) is 43.8 Å². The minimum absolute atomic E-state index is 0.311. The molecule has 1 saturated carbocycles. The van der Waals surface area contributed by atoms with Crippen molar-refractivity contribution in [2.45, 2.75) is 76.9 Å². The average Bonchev–Trinajstić information content (AvgIpc) is 2.97. The van der Waals surface area contributed by atoms with Crippen LogP contribution in [0.3, 0.4) is 0 Å². The van der Waals surface area contributed by atoms with Gasteiger partial charge in [0.2, 0.25) is 11.7 Å². The minimum atomic E-state index is -0.311. The van der Waals surface area contributed by atoms with E-state index in [0.29, 0.717) is 12.6 Å². The molecular formula is C16H29N3O2. The zero-order valence-corrected chi connectivity index (χ0v) is 13.7. The van der Waals surface area contributed by atoms with E-state index in [2.05, 4.69) is 22.4 Å². The van der Waals surface area contributed by atoms with Gasteiger partial charge in [-0.2, -0.15) is 4.98 Å². The number of likely N-dealkylation sites (N-methyl/N-ethyl adjacent to an activating group) is 1. The summed E-state index contributed by atoms with van der Waals surface area (Å²) in [5.74, 6) is 1.48. The van der Waals surface area contributed by atoms with Crippen molar-refractivity contribution in [2.24, 2.45) is 0 Å². The Morgan fingerprint density at radius 1 is 1.29 bits per heavy atom. The highest BCUT2D eigenvalue weighted by atomic mass is 16.5. The lowest BCUT2D eigenvalue weighted by molar-refractivity contribution is -0.0777. The van der Waals surface area contributed by atoms with Crippen LogP contribution in [0.4, 0.5) is 0 Å². The van der Waals surface area contributed by atoms with E-state index in [4.69, 9.17) is 9.26 Å². The maximum atomic E-state index is 6.05. The molecule has 1 aliphatic rings. The summed E-state index contributed by atoms with van der Waals surface area (Å²) in [6, 6.07) is 0.401. The van der Waals surface area contributed by atoms with Crippen LogP contribution < -0.4 is 5.32 Å². The summed E-state index contributed by atoms with van der Waals surface area (Å²) < 4.78 is 11.5. The summed E-state index contributed by atoms with van der Waals surface area (Å²) in [5.41, 5.74) is -0.311. The molecule has 0 aromatic carbocycles. The first-order valence-corrected chi connectivity index (χ1v) is 8.38. The van der Waals surface area contributed by atoms with Crippen LogP contribution in [0.25, 0.3) is 0 Å². The predicted octanol–water partition coefficient (Wildman–Crippen LogP) is 3.20. The van der Waals surface area contributed by atoms with Gasteiger partial charge in [-0.1, -0.05) is 37.8 Å².